The van der Waals surface area contributed by atoms with Gasteiger partial charge in [0, 0.05) is 36.6 Å². The summed E-state index contributed by atoms with van der Waals surface area (Å²) in [5.74, 6) is -0.877. The molecule has 0 aliphatic carbocycles. The van der Waals surface area contributed by atoms with Gasteiger partial charge in [0.05, 0.1) is 34.1 Å². The zero-order chi connectivity index (χ0) is 34.4. The van der Waals surface area contributed by atoms with Gasteiger partial charge in [-0.05, 0) is 74.3 Å². The Balaban J connectivity index is 1.46. The molecule has 1 unspecified atom stereocenters. The lowest BCUT2D eigenvalue weighted by atomic mass is 9.97. The third-order valence-corrected chi connectivity index (χ3v) is 8.73. The number of carbonyl (C=O) groups excluding carboxylic acids is 3. The van der Waals surface area contributed by atoms with E-state index in [-0.39, 0.29) is 36.9 Å². The van der Waals surface area contributed by atoms with E-state index >= 15 is 0 Å². The van der Waals surface area contributed by atoms with Gasteiger partial charge in [-0.1, -0.05) is 64.0 Å². The summed E-state index contributed by atoms with van der Waals surface area (Å²) in [6.07, 6.45) is 4.99. The molecule has 2 aromatic heterocycles. The van der Waals surface area contributed by atoms with Crippen LogP contribution in [0.3, 0.4) is 0 Å². The summed E-state index contributed by atoms with van der Waals surface area (Å²) in [5.41, 5.74) is 2.41. The smallest absolute Gasteiger partial charge is 0.337 e. The van der Waals surface area contributed by atoms with E-state index in [9.17, 15) is 19.2 Å². The summed E-state index contributed by atoms with van der Waals surface area (Å²) in [6.45, 7) is 5.08. The Morgan fingerprint density at radius 3 is 2.33 bits per heavy atom. The monoisotopic (exact) mass is 803 g/mol. The predicted molar refractivity (Wildman–Crippen MR) is 194 cm³/mol. The molecule has 15 heteroatoms. The second-order valence-corrected chi connectivity index (χ2v) is 13.6. The highest BCUT2D eigenvalue weighted by atomic mass is 127. The number of rotatable bonds is 10. The quantitative estimate of drug-likeness (QED) is 0.0938. The van der Waals surface area contributed by atoms with Crippen LogP contribution < -0.4 is 21.5 Å². The molecule has 1 aliphatic rings. The van der Waals surface area contributed by atoms with E-state index in [1.165, 1.54) is 36.3 Å². The largest absolute Gasteiger partial charge is 0.465 e. The third kappa shape index (κ3) is 8.50. The van der Waals surface area contributed by atoms with Crippen molar-refractivity contribution in [3.05, 3.63) is 92.5 Å². The number of benzene rings is 2. The first kappa shape index (κ1) is 35.3. The summed E-state index contributed by atoms with van der Waals surface area (Å²) in [7, 11) is 1.28. The molecule has 0 spiro atoms. The van der Waals surface area contributed by atoms with E-state index in [2.05, 4.69) is 53.5 Å². The summed E-state index contributed by atoms with van der Waals surface area (Å²) in [5, 5.41) is 12.9. The number of halogens is 3. The van der Waals surface area contributed by atoms with E-state index in [0.717, 1.165) is 32.5 Å². The van der Waals surface area contributed by atoms with Crippen LogP contribution >= 0.6 is 45.8 Å². The first-order chi connectivity index (χ1) is 23.0. The summed E-state index contributed by atoms with van der Waals surface area (Å²) in [4.78, 5) is 58.2. The molecule has 3 heterocycles. The van der Waals surface area contributed by atoms with Crippen molar-refractivity contribution in [2.75, 3.05) is 43.9 Å². The van der Waals surface area contributed by atoms with Gasteiger partial charge in [-0.2, -0.15) is 5.10 Å². The Morgan fingerprint density at radius 1 is 0.958 bits per heavy atom. The number of alkyl halides is 1. The molecule has 250 valence electrons. The molecule has 48 heavy (non-hydrogen) atoms. The molecule has 3 N–H and O–H groups in total. The summed E-state index contributed by atoms with van der Waals surface area (Å²) >= 11 is 14.3. The predicted octanol–water partition coefficient (Wildman–Crippen LogP) is 6.49. The van der Waals surface area contributed by atoms with Crippen LogP contribution in [0.25, 0.3) is 22.4 Å². The van der Waals surface area contributed by atoms with Gasteiger partial charge in [0.15, 0.2) is 0 Å². The number of hydrogen-bond acceptors (Lipinski definition) is 8. The number of esters is 1. The SMILES string of the molecule is COC(=O)c1cc(C(=O)NCCN2CCCC2)cc(-c2cccc(-c3cc(NC(=O)Nc4c(Cl)cncc4Cl)c(=O)n(C(C)I)n3)c2)c1. The van der Waals surface area contributed by atoms with Crippen LogP contribution in [0.2, 0.25) is 10.0 Å². The van der Waals surface area contributed by atoms with Crippen molar-refractivity contribution in [3.8, 4) is 22.4 Å². The Hall–Kier alpha value is -4.05. The first-order valence-corrected chi connectivity index (χ1v) is 17.0. The van der Waals surface area contributed by atoms with Crippen LogP contribution in [0.4, 0.5) is 16.2 Å². The minimum Gasteiger partial charge on any atom is -0.465 e. The lowest BCUT2D eigenvalue weighted by molar-refractivity contribution is 0.0600. The molecule has 12 nitrogen and oxygen atoms in total. The average Bonchev–Trinajstić information content (AvgIpc) is 3.60. The molecule has 1 aliphatic heterocycles. The number of likely N-dealkylation sites (tertiary alicyclic amines) is 1. The van der Waals surface area contributed by atoms with Gasteiger partial charge < -0.3 is 25.6 Å². The number of anilines is 2. The molecule has 0 radical (unpaired) electrons. The van der Waals surface area contributed by atoms with E-state index in [4.69, 9.17) is 27.9 Å². The van der Waals surface area contributed by atoms with Gasteiger partial charge in [-0.3, -0.25) is 14.6 Å². The van der Waals surface area contributed by atoms with Crippen LogP contribution in [0, 0.1) is 0 Å². The van der Waals surface area contributed by atoms with Gasteiger partial charge in [-0.25, -0.2) is 14.3 Å². The van der Waals surface area contributed by atoms with E-state index in [1.54, 1.807) is 31.2 Å². The minimum absolute atomic E-state index is 0.0340. The highest BCUT2D eigenvalue weighted by molar-refractivity contribution is 14.1. The third-order valence-electron chi connectivity index (χ3n) is 7.63. The Kier molecular flexibility index (Phi) is 11.7. The van der Waals surface area contributed by atoms with Gasteiger partial charge in [0.25, 0.3) is 11.5 Å². The number of ether oxygens (including phenoxy) is 1. The number of nitrogens with one attached hydrogen (secondary N) is 3. The molecule has 0 saturated carbocycles. The van der Waals surface area contributed by atoms with Crippen LogP contribution in [0.15, 0.2) is 65.7 Å². The fraction of sp³-hybridized carbons (Fsp3) is 0.273. The molecule has 1 fully saturated rings. The van der Waals surface area contributed by atoms with Crippen molar-refractivity contribution in [3.63, 3.8) is 0 Å². The minimum atomic E-state index is -0.744. The molecule has 5 rings (SSSR count). The molecule has 0 bridgehead atoms. The molecule has 1 atom stereocenters. The molecule has 2 aromatic carbocycles. The molecular weight excluding hydrogens is 772 g/mol. The van der Waals surface area contributed by atoms with Crippen molar-refractivity contribution in [2.24, 2.45) is 0 Å². The second-order valence-electron chi connectivity index (χ2n) is 11.0. The lowest BCUT2D eigenvalue weighted by Gasteiger charge is -2.16. The summed E-state index contributed by atoms with van der Waals surface area (Å²) in [6, 6.07) is 12.9. The average molecular weight is 804 g/mol. The standard InChI is InChI=1S/C33H32Cl2IN7O5/c1-19(36)43-31(45)28(39-33(47)40-29-25(34)17-37-18-26(29)35)16-27(41-43)21-7-5-6-20(12-21)22-13-23(15-24(14-22)32(46)48-2)30(44)38-8-11-42-9-3-4-10-42/h5-7,12-19H,3-4,8-11H2,1-2H3,(H,38,44)(H2,37,39,40,47). The normalized spacial score (nSPS) is 13.5. The molecular formula is C33H32Cl2IN7O5. The topological polar surface area (TPSA) is 148 Å². The van der Waals surface area contributed by atoms with E-state index in [1.807, 2.05) is 12.1 Å². The maximum Gasteiger partial charge on any atom is 0.337 e. The zero-order valence-electron chi connectivity index (χ0n) is 26.1. The number of nitrogens with zero attached hydrogens (tertiary/aromatic N) is 4. The van der Waals surface area contributed by atoms with E-state index < -0.39 is 17.6 Å². The summed E-state index contributed by atoms with van der Waals surface area (Å²) < 4.78 is 5.86. The lowest BCUT2D eigenvalue weighted by Crippen LogP contribution is -2.33. The van der Waals surface area contributed by atoms with E-state index in [0.29, 0.717) is 34.5 Å². The molecule has 4 aromatic rings. The fourth-order valence-corrected chi connectivity index (χ4v) is 6.07. The highest BCUT2D eigenvalue weighted by Crippen LogP contribution is 2.30. The second kappa shape index (κ2) is 15.9. The molecule has 3 amide bonds. The maximum absolute atomic E-state index is 13.3. The number of hydrogen-bond donors (Lipinski definition) is 3. The number of amides is 3. The number of pyridine rings is 1. The number of methoxy groups -OCH3 is 1. The number of carbonyl (C=O) groups is 3. The maximum atomic E-state index is 13.3. The number of urea groups is 1. The molecule has 1 saturated heterocycles. The fourth-order valence-electron chi connectivity index (χ4n) is 5.24. The van der Waals surface area contributed by atoms with Crippen molar-refractivity contribution >= 4 is 75.1 Å². The van der Waals surface area contributed by atoms with Crippen LogP contribution in [-0.2, 0) is 4.74 Å². The van der Waals surface area contributed by atoms with Gasteiger partial charge >= 0.3 is 12.0 Å². The Morgan fingerprint density at radius 2 is 1.65 bits per heavy atom. The van der Waals surface area contributed by atoms with Crippen molar-refractivity contribution in [1.29, 1.82) is 0 Å². The van der Waals surface area contributed by atoms with Crippen molar-refractivity contribution < 1.29 is 19.1 Å². The van der Waals surface area contributed by atoms with Gasteiger partial charge in [0.2, 0.25) is 0 Å². The van der Waals surface area contributed by atoms with Crippen LogP contribution in [-0.4, -0.2) is 70.9 Å². The van der Waals surface area contributed by atoms with Crippen molar-refractivity contribution in [2.45, 2.75) is 23.8 Å². The van der Waals surface area contributed by atoms with Gasteiger partial charge in [-0.15, -0.1) is 0 Å². The van der Waals surface area contributed by atoms with Gasteiger partial charge in [0.1, 0.15) is 9.74 Å². The van der Waals surface area contributed by atoms with Crippen molar-refractivity contribution in [1.82, 2.24) is 25.0 Å². The van der Waals surface area contributed by atoms with Crippen LogP contribution in [0.1, 0.15) is 44.5 Å². The highest BCUT2D eigenvalue weighted by Gasteiger charge is 2.19. The first-order valence-electron chi connectivity index (χ1n) is 15.0. The Labute approximate surface area is 300 Å². The Bertz CT molecular complexity index is 1890. The van der Waals surface area contributed by atoms with Crippen LogP contribution in [0.5, 0.6) is 0 Å². The number of aromatic nitrogens is 3. The zero-order valence-corrected chi connectivity index (χ0v) is 29.7.